The van der Waals surface area contributed by atoms with Gasteiger partial charge in [0.2, 0.25) is 5.91 Å². The monoisotopic (exact) mass is 303 g/mol. The van der Waals surface area contributed by atoms with Crippen molar-refractivity contribution < 1.29 is 9.90 Å². The number of rotatable bonds is 4. The second-order valence-electron chi connectivity index (χ2n) is 4.18. The quantitative estimate of drug-likeness (QED) is 0.896. The lowest BCUT2D eigenvalue weighted by Gasteiger charge is -2.38. The number of hydrogen-bond acceptors (Lipinski definition) is 3. The van der Waals surface area contributed by atoms with E-state index in [1.54, 1.807) is 11.3 Å². The van der Waals surface area contributed by atoms with Crippen molar-refractivity contribution in [2.75, 3.05) is 6.61 Å². The Balaban J connectivity index is 1.88. The molecule has 1 amide bonds. The van der Waals surface area contributed by atoms with E-state index in [-0.39, 0.29) is 12.5 Å². The maximum absolute atomic E-state index is 11.9. The summed E-state index contributed by atoms with van der Waals surface area (Å²) in [4.78, 5) is 13.0. The van der Waals surface area contributed by atoms with Crippen LogP contribution >= 0.6 is 27.3 Å². The summed E-state index contributed by atoms with van der Waals surface area (Å²) in [6, 6.07) is 3.96. The molecule has 2 N–H and O–H groups in total. The molecular formula is C11H14BrNO2S. The van der Waals surface area contributed by atoms with Gasteiger partial charge in [0, 0.05) is 4.88 Å². The molecule has 1 fully saturated rings. The lowest BCUT2D eigenvalue weighted by Crippen LogP contribution is -2.47. The minimum absolute atomic E-state index is 0.00854. The third kappa shape index (κ3) is 2.31. The second-order valence-corrected chi connectivity index (χ2v) is 6.73. The van der Waals surface area contributed by atoms with E-state index in [1.165, 1.54) is 0 Å². The summed E-state index contributed by atoms with van der Waals surface area (Å²) >= 11 is 5.00. The lowest BCUT2D eigenvalue weighted by molar-refractivity contribution is -0.139. The fourth-order valence-corrected chi connectivity index (χ4v) is 3.29. The van der Waals surface area contributed by atoms with Crippen LogP contribution < -0.4 is 5.32 Å². The Hall–Kier alpha value is -0.390. The van der Waals surface area contributed by atoms with Crippen LogP contribution in [0.3, 0.4) is 0 Å². The molecule has 0 atom stereocenters. The zero-order valence-corrected chi connectivity index (χ0v) is 11.2. The average Bonchev–Trinajstić information content (AvgIpc) is 2.60. The van der Waals surface area contributed by atoms with Gasteiger partial charge in [-0.05, 0) is 40.9 Å². The summed E-state index contributed by atoms with van der Waals surface area (Å²) in [5, 5.41) is 12.1. The highest BCUT2D eigenvalue weighted by Crippen LogP contribution is 2.40. The number of aliphatic hydroxyl groups is 1. The summed E-state index contributed by atoms with van der Waals surface area (Å²) in [7, 11) is 0. The van der Waals surface area contributed by atoms with E-state index >= 15 is 0 Å². The van der Waals surface area contributed by atoms with Gasteiger partial charge in [-0.1, -0.05) is 6.42 Å². The minimum Gasteiger partial charge on any atom is -0.395 e. The molecule has 3 nitrogen and oxygen atoms in total. The Morgan fingerprint density at radius 3 is 2.75 bits per heavy atom. The summed E-state index contributed by atoms with van der Waals surface area (Å²) in [6.07, 6.45) is 2.66. The van der Waals surface area contributed by atoms with Crippen LogP contribution in [0.15, 0.2) is 15.9 Å². The fourth-order valence-electron chi connectivity index (χ4n) is 1.86. The van der Waals surface area contributed by atoms with Gasteiger partial charge in [-0.15, -0.1) is 11.3 Å². The highest BCUT2D eigenvalue weighted by molar-refractivity contribution is 9.11. The Kier molecular flexibility index (Phi) is 3.66. The summed E-state index contributed by atoms with van der Waals surface area (Å²) in [5.74, 6) is -0.00854. The molecule has 1 saturated carbocycles. The molecule has 1 aliphatic carbocycles. The van der Waals surface area contributed by atoms with E-state index in [2.05, 4.69) is 21.2 Å². The van der Waals surface area contributed by atoms with Gasteiger partial charge >= 0.3 is 0 Å². The van der Waals surface area contributed by atoms with Gasteiger partial charge < -0.3 is 10.4 Å². The molecule has 0 unspecified atom stereocenters. The molecule has 1 aliphatic rings. The Labute approximate surface area is 107 Å². The maximum atomic E-state index is 11.9. The van der Waals surface area contributed by atoms with Gasteiger partial charge in [-0.2, -0.15) is 0 Å². The largest absolute Gasteiger partial charge is 0.395 e. The first-order chi connectivity index (χ1) is 7.66. The number of nitrogens with one attached hydrogen (secondary N) is 1. The third-order valence-corrected chi connectivity index (χ3v) is 4.77. The standard InChI is InChI=1S/C11H14BrNO2S/c12-9-3-2-8(16-9)6-13-10(15)11(7-14)4-1-5-11/h2-3,14H,1,4-7H2,(H,13,15). The van der Waals surface area contributed by atoms with Gasteiger partial charge in [0.15, 0.2) is 0 Å². The molecule has 1 heterocycles. The number of halogens is 1. The van der Waals surface area contributed by atoms with E-state index in [0.29, 0.717) is 6.54 Å². The summed E-state index contributed by atoms with van der Waals surface area (Å²) in [6.45, 7) is 0.518. The van der Waals surface area contributed by atoms with Crippen molar-refractivity contribution in [3.05, 3.63) is 20.8 Å². The van der Waals surface area contributed by atoms with Crippen molar-refractivity contribution in [2.24, 2.45) is 5.41 Å². The molecular weight excluding hydrogens is 290 g/mol. The van der Waals surface area contributed by atoms with Gasteiger partial charge in [0.25, 0.3) is 0 Å². The van der Waals surface area contributed by atoms with Crippen LogP contribution in [-0.2, 0) is 11.3 Å². The molecule has 2 rings (SSSR count). The van der Waals surface area contributed by atoms with Crippen molar-refractivity contribution in [3.8, 4) is 0 Å². The average molecular weight is 304 g/mol. The van der Waals surface area contributed by atoms with Gasteiger partial charge in [-0.3, -0.25) is 4.79 Å². The molecule has 0 radical (unpaired) electrons. The highest BCUT2D eigenvalue weighted by Gasteiger charge is 2.43. The molecule has 88 valence electrons. The van der Waals surface area contributed by atoms with E-state index in [9.17, 15) is 9.90 Å². The first-order valence-corrected chi connectivity index (χ1v) is 6.91. The zero-order chi connectivity index (χ0) is 11.6. The van der Waals surface area contributed by atoms with E-state index in [0.717, 1.165) is 27.9 Å². The Morgan fingerprint density at radius 1 is 1.56 bits per heavy atom. The topological polar surface area (TPSA) is 49.3 Å². The number of aliphatic hydroxyl groups excluding tert-OH is 1. The van der Waals surface area contributed by atoms with Crippen LogP contribution in [0.5, 0.6) is 0 Å². The van der Waals surface area contributed by atoms with Crippen LogP contribution in [-0.4, -0.2) is 17.6 Å². The fraction of sp³-hybridized carbons (Fsp3) is 0.545. The molecule has 16 heavy (non-hydrogen) atoms. The first kappa shape index (κ1) is 12.1. The predicted molar refractivity (Wildman–Crippen MR) is 67.2 cm³/mol. The normalized spacial score (nSPS) is 17.9. The smallest absolute Gasteiger partial charge is 0.228 e. The number of carbonyl (C=O) groups excluding carboxylic acids is 1. The molecule has 0 spiro atoms. The van der Waals surface area contributed by atoms with Crippen LogP contribution in [0, 0.1) is 5.41 Å². The lowest BCUT2D eigenvalue weighted by atomic mass is 9.68. The van der Waals surface area contributed by atoms with Gasteiger partial charge in [0.1, 0.15) is 0 Å². The van der Waals surface area contributed by atoms with Crippen LogP contribution in [0.25, 0.3) is 0 Å². The summed E-state index contributed by atoms with van der Waals surface area (Å²) < 4.78 is 1.07. The second kappa shape index (κ2) is 4.85. The van der Waals surface area contributed by atoms with Crippen molar-refractivity contribution in [3.63, 3.8) is 0 Å². The van der Waals surface area contributed by atoms with Gasteiger partial charge in [-0.25, -0.2) is 0 Å². The van der Waals surface area contributed by atoms with E-state index in [1.807, 2.05) is 12.1 Å². The molecule has 1 aromatic heterocycles. The minimum atomic E-state index is -0.492. The van der Waals surface area contributed by atoms with Crippen LogP contribution in [0.1, 0.15) is 24.1 Å². The zero-order valence-electron chi connectivity index (χ0n) is 8.83. The van der Waals surface area contributed by atoms with Crippen molar-refractivity contribution in [2.45, 2.75) is 25.8 Å². The van der Waals surface area contributed by atoms with Crippen LogP contribution in [0.2, 0.25) is 0 Å². The Morgan fingerprint density at radius 2 is 2.31 bits per heavy atom. The molecule has 0 aromatic carbocycles. The number of thiophene rings is 1. The van der Waals surface area contributed by atoms with Crippen LogP contribution in [0.4, 0.5) is 0 Å². The predicted octanol–water partition coefficient (Wildman–Crippen LogP) is 2.29. The van der Waals surface area contributed by atoms with E-state index < -0.39 is 5.41 Å². The third-order valence-electron chi connectivity index (χ3n) is 3.15. The van der Waals surface area contributed by atoms with Crippen molar-refractivity contribution in [1.29, 1.82) is 0 Å². The van der Waals surface area contributed by atoms with E-state index in [4.69, 9.17) is 0 Å². The molecule has 5 heteroatoms. The van der Waals surface area contributed by atoms with Crippen molar-refractivity contribution in [1.82, 2.24) is 5.32 Å². The maximum Gasteiger partial charge on any atom is 0.228 e. The SMILES string of the molecule is O=C(NCc1ccc(Br)s1)C1(CO)CCC1. The van der Waals surface area contributed by atoms with Crippen molar-refractivity contribution >= 4 is 33.2 Å². The molecule has 1 aromatic rings. The van der Waals surface area contributed by atoms with Gasteiger partial charge in [0.05, 0.1) is 22.4 Å². The summed E-state index contributed by atoms with van der Waals surface area (Å²) in [5.41, 5.74) is -0.492. The molecule has 0 saturated heterocycles. The number of amides is 1. The number of hydrogen-bond donors (Lipinski definition) is 2. The molecule has 0 aliphatic heterocycles. The Bertz CT molecular complexity index is 382. The first-order valence-electron chi connectivity index (χ1n) is 5.30. The number of carbonyl (C=O) groups is 1. The molecule has 0 bridgehead atoms. The highest BCUT2D eigenvalue weighted by atomic mass is 79.9.